The van der Waals surface area contributed by atoms with E-state index in [9.17, 15) is 9.59 Å². The molecule has 5 heteroatoms. The van der Waals surface area contributed by atoms with E-state index in [4.69, 9.17) is 5.11 Å². The largest absolute Gasteiger partial charge is 0.395 e. The summed E-state index contributed by atoms with van der Waals surface area (Å²) in [5.41, 5.74) is 2.14. The second-order valence-electron chi connectivity index (χ2n) is 5.70. The van der Waals surface area contributed by atoms with E-state index in [1.54, 1.807) is 4.90 Å². The Morgan fingerprint density at radius 1 is 1.36 bits per heavy atom. The summed E-state index contributed by atoms with van der Waals surface area (Å²) in [4.78, 5) is 26.4. The highest BCUT2D eigenvalue weighted by molar-refractivity contribution is 5.85. The number of aliphatic hydroxyl groups is 1. The van der Waals surface area contributed by atoms with Gasteiger partial charge < -0.3 is 15.3 Å². The number of hydrogen-bond acceptors (Lipinski definition) is 3. The summed E-state index contributed by atoms with van der Waals surface area (Å²) < 4.78 is 0. The van der Waals surface area contributed by atoms with Crippen LogP contribution < -0.4 is 5.32 Å². The fourth-order valence-corrected chi connectivity index (χ4v) is 3.09. The molecule has 0 spiro atoms. The van der Waals surface area contributed by atoms with Crippen LogP contribution in [0.1, 0.15) is 36.9 Å². The van der Waals surface area contributed by atoms with Gasteiger partial charge in [0.15, 0.2) is 0 Å². The predicted molar refractivity (Wildman–Crippen MR) is 84.1 cm³/mol. The number of benzene rings is 1. The van der Waals surface area contributed by atoms with E-state index in [1.807, 2.05) is 38.1 Å². The highest BCUT2D eigenvalue weighted by Gasteiger charge is 2.39. The van der Waals surface area contributed by atoms with Crippen molar-refractivity contribution in [2.75, 3.05) is 19.7 Å². The van der Waals surface area contributed by atoms with Crippen molar-refractivity contribution in [3.63, 3.8) is 0 Å². The number of likely N-dealkylation sites (tertiary alicyclic amines) is 1. The van der Waals surface area contributed by atoms with Gasteiger partial charge in [0.2, 0.25) is 11.8 Å². The Kier molecular flexibility index (Phi) is 5.55. The van der Waals surface area contributed by atoms with Crippen LogP contribution in [0.2, 0.25) is 0 Å². The zero-order valence-corrected chi connectivity index (χ0v) is 13.2. The Labute approximate surface area is 131 Å². The van der Waals surface area contributed by atoms with Crippen molar-refractivity contribution in [2.45, 2.75) is 32.7 Å². The number of piperidine rings is 1. The van der Waals surface area contributed by atoms with E-state index in [2.05, 4.69) is 5.32 Å². The number of nitrogens with one attached hydrogen (secondary N) is 1. The summed E-state index contributed by atoms with van der Waals surface area (Å²) in [6.07, 6.45) is 0.943. The number of carbonyl (C=O) groups excluding carboxylic acids is 2. The molecule has 2 rings (SSSR count). The SMILES string of the molecule is CCN1C(=O)CC[C@@H](C(=O)NCCO)[C@@H]1c1ccc(C)cc1. The monoisotopic (exact) mass is 304 g/mol. The maximum absolute atomic E-state index is 12.4. The molecule has 2 amide bonds. The van der Waals surface area contributed by atoms with E-state index in [0.717, 1.165) is 11.1 Å². The molecule has 2 N–H and O–H groups in total. The van der Waals surface area contributed by atoms with Crippen LogP contribution in [0.4, 0.5) is 0 Å². The number of carbonyl (C=O) groups is 2. The van der Waals surface area contributed by atoms with Gasteiger partial charge in [0, 0.05) is 19.5 Å². The van der Waals surface area contributed by atoms with Crippen molar-refractivity contribution in [1.29, 1.82) is 0 Å². The molecule has 1 fully saturated rings. The average molecular weight is 304 g/mol. The maximum atomic E-state index is 12.4. The Balaban J connectivity index is 2.31. The molecule has 2 atom stereocenters. The highest BCUT2D eigenvalue weighted by atomic mass is 16.3. The van der Waals surface area contributed by atoms with Gasteiger partial charge >= 0.3 is 0 Å². The van der Waals surface area contributed by atoms with Crippen LogP contribution >= 0.6 is 0 Å². The molecular formula is C17H24N2O3. The lowest BCUT2D eigenvalue weighted by atomic mass is 9.83. The summed E-state index contributed by atoms with van der Waals surface area (Å²) in [6.45, 7) is 4.70. The molecule has 1 aromatic carbocycles. The highest BCUT2D eigenvalue weighted by Crippen LogP contribution is 2.36. The standard InChI is InChI=1S/C17H24N2O3/c1-3-19-15(21)9-8-14(17(22)18-10-11-20)16(19)13-6-4-12(2)5-7-13/h4-7,14,16,20H,3,8-11H2,1-2H3,(H,18,22)/t14-,16+/m1/s1. The quantitative estimate of drug-likeness (QED) is 0.864. The molecule has 5 nitrogen and oxygen atoms in total. The van der Waals surface area contributed by atoms with Crippen molar-refractivity contribution in [2.24, 2.45) is 5.92 Å². The minimum Gasteiger partial charge on any atom is -0.395 e. The third kappa shape index (κ3) is 3.47. The van der Waals surface area contributed by atoms with Gasteiger partial charge in [-0.1, -0.05) is 29.8 Å². The summed E-state index contributed by atoms with van der Waals surface area (Å²) in [5, 5.41) is 11.6. The van der Waals surface area contributed by atoms with E-state index < -0.39 is 0 Å². The van der Waals surface area contributed by atoms with E-state index in [-0.39, 0.29) is 36.9 Å². The molecule has 1 heterocycles. The Morgan fingerprint density at radius 2 is 2.05 bits per heavy atom. The number of rotatable bonds is 5. The second-order valence-corrected chi connectivity index (χ2v) is 5.70. The number of nitrogens with zero attached hydrogens (tertiary/aromatic N) is 1. The summed E-state index contributed by atoms with van der Waals surface area (Å²) in [7, 11) is 0. The van der Waals surface area contributed by atoms with Gasteiger partial charge in [0.1, 0.15) is 0 Å². The van der Waals surface area contributed by atoms with Crippen LogP contribution in [-0.4, -0.2) is 41.5 Å². The van der Waals surface area contributed by atoms with Crippen molar-refractivity contribution < 1.29 is 14.7 Å². The van der Waals surface area contributed by atoms with E-state index in [1.165, 1.54) is 0 Å². The van der Waals surface area contributed by atoms with Crippen LogP contribution in [0.25, 0.3) is 0 Å². The molecule has 1 aromatic rings. The Bertz CT molecular complexity index is 527. The first-order chi connectivity index (χ1) is 10.6. The van der Waals surface area contributed by atoms with Crippen LogP contribution in [0.5, 0.6) is 0 Å². The summed E-state index contributed by atoms with van der Waals surface area (Å²) >= 11 is 0. The molecule has 22 heavy (non-hydrogen) atoms. The van der Waals surface area contributed by atoms with Gasteiger partial charge in [-0.3, -0.25) is 9.59 Å². The Hall–Kier alpha value is -1.88. The first kappa shape index (κ1) is 16.5. The first-order valence-corrected chi connectivity index (χ1v) is 7.83. The van der Waals surface area contributed by atoms with Gasteiger partial charge in [-0.05, 0) is 25.8 Å². The van der Waals surface area contributed by atoms with E-state index >= 15 is 0 Å². The fraction of sp³-hybridized carbons (Fsp3) is 0.529. The fourth-order valence-electron chi connectivity index (χ4n) is 3.09. The number of amides is 2. The lowest BCUT2D eigenvalue weighted by Gasteiger charge is -2.40. The third-order valence-corrected chi connectivity index (χ3v) is 4.21. The summed E-state index contributed by atoms with van der Waals surface area (Å²) in [5.74, 6) is -0.267. The van der Waals surface area contributed by atoms with Crippen LogP contribution in [-0.2, 0) is 9.59 Å². The van der Waals surface area contributed by atoms with Crippen molar-refractivity contribution in [3.8, 4) is 0 Å². The van der Waals surface area contributed by atoms with Gasteiger partial charge in [-0.25, -0.2) is 0 Å². The molecular weight excluding hydrogens is 280 g/mol. The number of aliphatic hydroxyl groups excluding tert-OH is 1. The van der Waals surface area contributed by atoms with Gasteiger partial charge in [-0.15, -0.1) is 0 Å². The van der Waals surface area contributed by atoms with Crippen molar-refractivity contribution in [3.05, 3.63) is 35.4 Å². The molecule has 0 unspecified atom stereocenters. The summed E-state index contributed by atoms with van der Waals surface area (Å²) in [6, 6.07) is 7.77. The topological polar surface area (TPSA) is 69.6 Å². The molecule has 0 aromatic heterocycles. The molecule has 1 saturated heterocycles. The predicted octanol–water partition coefficient (Wildman–Crippen LogP) is 1.40. The zero-order valence-electron chi connectivity index (χ0n) is 13.2. The van der Waals surface area contributed by atoms with Crippen LogP contribution in [0.15, 0.2) is 24.3 Å². The third-order valence-electron chi connectivity index (χ3n) is 4.21. The smallest absolute Gasteiger partial charge is 0.225 e. The molecule has 0 saturated carbocycles. The lowest BCUT2D eigenvalue weighted by Crippen LogP contribution is -2.48. The van der Waals surface area contributed by atoms with Gasteiger partial charge in [0.05, 0.1) is 18.6 Å². The number of aryl methyl sites for hydroxylation is 1. The van der Waals surface area contributed by atoms with E-state index in [0.29, 0.717) is 19.4 Å². The zero-order chi connectivity index (χ0) is 16.1. The van der Waals surface area contributed by atoms with Crippen molar-refractivity contribution in [1.82, 2.24) is 10.2 Å². The minimum atomic E-state index is -0.271. The molecule has 0 aliphatic carbocycles. The molecule has 1 aliphatic rings. The van der Waals surface area contributed by atoms with Gasteiger partial charge in [0.25, 0.3) is 0 Å². The molecule has 0 bridgehead atoms. The lowest BCUT2D eigenvalue weighted by molar-refractivity contribution is -0.143. The number of hydrogen-bond donors (Lipinski definition) is 2. The minimum absolute atomic E-state index is 0.0793. The normalized spacial score (nSPS) is 21.8. The second kappa shape index (κ2) is 7.40. The molecule has 1 aliphatic heterocycles. The van der Waals surface area contributed by atoms with Crippen LogP contribution in [0.3, 0.4) is 0 Å². The first-order valence-electron chi connectivity index (χ1n) is 7.83. The van der Waals surface area contributed by atoms with Crippen molar-refractivity contribution >= 4 is 11.8 Å². The molecule has 0 radical (unpaired) electrons. The van der Waals surface area contributed by atoms with Crippen LogP contribution in [0, 0.1) is 12.8 Å². The average Bonchev–Trinajstić information content (AvgIpc) is 2.53. The van der Waals surface area contributed by atoms with Gasteiger partial charge in [-0.2, -0.15) is 0 Å². The maximum Gasteiger partial charge on any atom is 0.225 e. The Morgan fingerprint density at radius 3 is 2.64 bits per heavy atom. The molecule has 120 valence electrons.